The maximum atomic E-state index is 13.3. The van der Waals surface area contributed by atoms with Crippen LogP contribution in [0.4, 0.5) is 4.39 Å². The molecule has 1 aliphatic rings. The average Bonchev–Trinajstić information content (AvgIpc) is 2.53. The Balaban J connectivity index is 1.92. The van der Waals surface area contributed by atoms with Gasteiger partial charge in [0.25, 0.3) is 5.91 Å². The number of hydrogen-bond acceptors (Lipinski definition) is 3. The van der Waals surface area contributed by atoms with Gasteiger partial charge in [-0.15, -0.1) is 0 Å². The zero-order chi connectivity index (χ0) is 16.6. The molecule has 2 aromatic rings. The fourth-order valence-corrected chi connectivity index (χ4v) is 4.70. The summed E-state index contributed by atoms with van der Waals surface area (Å²) < 4.78 is 38.0. The molecule has 23 heavy (non-hydrogen) atoms. The summed E-state index contributed by atoms with van der Waals surface area (Å²) in [7, 11) is -3.31. The molecule has 0 bridgehead atoms. The third kappa shape index (κ3) is 3.16. The Bertz CT molecular complexity index is 883. The first-order valence-electron chi connectivity index (χ1n) is 6.96. The van der Waals surface area contributed by atoms with E-state index in [0.29, 0.717) is 10.0 Å². The van der Waals surface area contributed by atoms with E-state index in [9.17, 15) is 17.6 Å². The summed E-state index contributed by atoms with van der Waals surface area (Å²) in [6.07, 6.45) is 0.290. The molecule has 0 radical (unpaired) electrons. The van der Waals surface area contributed by atoms with E-state index in [1.54, 1.807) is 24.3 Å². The van der Waals surface area contributed by atoms with E-state index >= 15 is 0 Å². The highest BCUT2D eigenvalue weighted by molar-refractivity contribution is 9.10. The van der Waals surface area contributed by atoms with Gasteiger partial charge in [-0.1, -0.05) is 18.2 Å². The highest BCUT2D eigenvalue weighted by Crippen LogP contribution is 2.32. The van der Waals surface area contributed by atoms with Crippen molar-refractivity contribution in [2.24, 2.45) is 0 Å². The third-order valence-corrected chi connectivity index (χ3v) is 6.29. The molecule has 7 heteroatoms. The lowest BCUT2D eigenvalue weighted by Crippen LogP contribution is -2.34. The van der Waals surface area contributed by atoms with Crippen molar-refractivity contribution < 1.29 is 17.6 Å². The SMILES string of the molecule is O=C(NC1CCS(=O)(=O)c2ccccc21)c1cc(F)ccc1Br. The van der Waals surface area contributed by atoms with Crippen LogP contribution in [0.25, 0.3) is 0 Å². The van der Waals surface area contributed by atoms with Gasteiger partial charge in [0.2, 0.25) is 0 Å². The van der Waals surface area contributed by atoms with Crippen molar-refractivity contribution in [3.8, 4) is 0 Å². The van der Waals surface area contributed by atoms with Gasteiger partial charge in [0.1, 0.15) is 5.82 Å². The van der Waals surface area contributed by atoms with Gasteiger partial charge in [-0.05, 0) is 52.2 Å². The van der Waals surface area contributed by atoms with Crippen molar-refractivity contribution >= 4 is 31.7 Å². The van der Waals surface area contributed by atoms with Crippen LogP contribution in [0.15, 0.2) is 51.8 Å². The Labute approximate surface area is 141 Å². The minimum absolute atomic E-state index is 0.0285. The number of rotatable bonds is 2. The van der Waals surface area contributed by atoms with E-state index < -0.39 is 27.6 Å². The predicted molar refractivity (Wildman–Crippen MR) is 87.4 cm³/mol. The lowest BCUT2D eigenvalue weighted by atomic mass is 10.0. The molecule has 1 heterocycles. The molecule has 3 rings (SSSR count). The number of halogens is 2. The number of sulfone groups is 1. The smallest absolute Gasteiger partial charge is 0.253 e. The highest BCUT2D eigenvalue weighted by Gasteiger charge is 2.31. The third-order valence-electron chi connectivity index (χ3n) is 3.78. The average molecular weight is 398 g/mol. The molecule has 1 N–H and O–H groups in total. The van der Waals surface area contributed by atoms with E-state index in [0.717, 1.165) is 6.07 Å². The summed E-state index contributed by atoms with van der Waals surface area (Å²) in [5, 5.41) is 2.80. The van der Waals surface area contributed by atoms with Crippen molar-refractivity contribution in [2.75, 3.05) is 5.75 Å². The largest absolute Gasteiger partial charge is 0.345 e. The van der Waals surface area contributed by atoms with Gasteiger partial charge in [0, 0.05) is 4.47 Å². The summed E-state index contributed by atoms with van der Waals surface area (Å²) in [5.74, 6) is -0.986. The second-order valence-electron chi connectivity index (χ2n) is 5.30. The summed E-state index contributed by atoms with van der Waals surface area (Å²) in [6.45, 7) is 0. The number of carbonyl (C=O) groups is 1. The minimum Gasteiger partial charge on any atom is -0.345 e. The maximum Gasteiger partial charge on any atom is 0.253 e. The Hall–Kier alpha value is -1.73. The molecule has 0 spiro atoms. The number of amides is 1. The first-order valence-corrected chi connectivity index (χ1v) is 9.40. The maximum absolute atomic E-state index is 13.3. The molecular formula is C16H13BrFNO3S. The fraction of sp³-hybridized carbons (Fsp3) is 0.188. The predicted octanol–water partition coefficient (Wildman–Crippen LogP) is 3.24. The van der Waals surface area contributed by atoms with E-state index in [2.05, 4.69) is 21.2 Å². The highest BCUT2D eigenvalue weighted by atomic mass is 79.9. The number of benzene rings is 2. The van der Waals surface area contributed by atoms with E-state index in [1.165, 1.54) is 12.1 Å². The van der Waals surface area contributed by atoms with Gasteiger partial charge in [-0.2, -0.15) is 0 Å². The van der Waals surface area contributed by atoms with Crippen LogP contribution in [0, 0.1) is 5.82 Å². The molecule has 2 aromatic carbocycles. The van der Waals surface area contributed by atoms with Crippen molar-refractivity contribution in [2.45, 2.75) is 17.4 Å². The van der Waals surface area contributed by atoms with Gasteiger partial charge in [-0.3, -0.25) is 4.79 Å². The number of hydrogen-bond donors (Lipinski definition) is 1. The van der Waals surface area contributed by atoms with Gasteiger partial charge in [0.05, 0.1) is 22.3 Å². The van der Waals surface area contributed by atoms with Crippen LogP contribution in [0.5, 0.6) is 0 Å². The Morgan fingerprint density at radius 1 is 1.22 bits per heavy atom. The summed E-state index contributed by atoms with van der Waals surface area (Å²) in [6, 6.07) is 10.1. The first kappa shape index (κ1) is 16.1. The number of nitrogens with one attached hydrogen (secondary N) is 1. The summed E-state index contributed by atoms with van der Waals surface area (Å²) in [5.41, 5.74) is 0.746. The molecule has 1 unspecified atom stereocenters. The summed E-state index contributed by atoms with van der Waals surface area (Å²) >= 11 is 3.22. The topological polar surface area (TPSA) is 63.2 Å². The Kier molecular flexibility index (Phi) is 4.25. The van der Waals surface area contributed by atoms with Crippen LogP contribution >= 0.6 is 15.9 Å². The van der Waals surface area contributed by atoms with Gasteiger partial charge < -0.3 is 5.32 Å². The molecule has 0 fully saturated rings. The zero-order valence-electron chi connectivity index (χ0n) is 11.9. The van der Waals surface area contributed by atoms with Crippen LogP contribution in [0.2, 0.25) is 0 Å². The van der Waals surface area contributed by atoms with Gasteiger partial charge >= 0.3 is 0 Å². The second kappa shape index (κ2) is 6.05. The second-order valence-corrected chi connectivity index (χ2v) is 8.23. The first-order chi connectivity index (χ1) is 10.9. The molecule has 1 amide bonds. The number of carbonyl (C=O) groups excluding carboxylic acids is 1. The molecule has 0 aromatic heterocycles. The van der Waals surface area contributed by atoms with E-state index in [-0.39, 0.29) is 22.6 Å². The van der Waals surface area contributed by atoms with Gasteiger partial charge in [-0.25, -0.2) is 12.8 Å². The van der Waals surface area contributed by atoms with Gasteiger partial charge in [0.15, 0.2) is 9.84 Å². The minimum atomic E-state index is -3.31. The van der Waals surface area contributed by atoms with E-state index in [4.69, 9.17) is 0 Å². The zero-order valence-corrected chi connectivity index (χ0v) is 14.3. The lowest BCUT2D eigenvalue weighted by Gasteiger charge is -2.26. The van der Waals surface area contributed by atoms with Crippen LogP contribution in [0.1, 0.15) is 28.4 Å². The molecule has 120 valence electrons. The lowest BCUT2D eigenvalue weighted by molar-refractivity contribution is 0.0933. The molecular weight excluding hydrogens is 385 g/mol. The van der Waals surface area contributed by atoms with Crippen LogP contribution < -0.4 is 5.32 Å². The molecule has 1 atom stereocenters. The van der Waals surface area contributed by atoms with Crippen molar-refractivity contribution in [1.29, 1.82) is 0 Å². The molecule has 4 nitrogen and oxygen atoms in total. The van der Waals surface area contributed by atoms with Crippen LogP contribution in [0.3, 0.4) is 0 Å². The molecule has 0 saturated heterocycles. The van der Waals surface area contributed by atoms with Crippen molar-refractivity contribution in [3.05, 3.63) is 63.9 Å². The quantitative estimate of drug-likeness (QED) is 0.845. The fourth-order valence-electron chi connectivity index (χ4n) is 2.65. The summed E-state index contributed by atoms with van der Waals surface area (Å²) in [4.78, 5) is 12.6. The van der Waals surface area contributed by atoms with Crippen LogP contribution in [-0.4, -0.2) is 20.1 Å². The number of fused-ring (bicyclic) bond motifs is 1. The van der Waals surface area contributed by atoms with Crippen molar-refractivity contribution in [3.63, 3.8) is 0 Å². The Morgan fingerprint density at radius 2 is 1.96 bits per heavy atom. The monoisotopic (exact) mass is 397 g/mol. The normalized spacial score (nSPS) is 19.0. The molecule has 0 saturated carbocycles. The molecule has 0 aliphatic carbocycles. The van der Waals surface area contributed by atoms with E-state index in [1.807, 2.05) is 0 Å². The standard InChI is InChI=1S/C16H13BrFNO3S/c17-13-6-5-10(18)9-12(13)16(20)19-14-7-8-23(21,22)15-4-2-1-3-11(14)15/h1-6,9,14H,7-8H2,(H,19,20). The van der Waals surface area contributed by atoms with Crippen molar-refractivity contribution in [1.82, 2.24) is 5.32 Å². The van der Waals surface area contributed by atoms with Crippen LogP contribution in [-0.2, 0) is 9.84 Å². The Morgan fingerprint density at radius 3 is 2.74 bits per heavy atom. The molecule has 1 aliphatic heterocycles.